The first-order valence-corrected chi connectivity index (χ1v) is 7.72. The lowest BCUT2D eigenvalue weighted by molar-refractivity contribution is 0.173. The van der Waals surface area contributed by atoms with Crippen LogP contribution in [0.4, 0.5) is 5.69 Å². The van der Waals surface area contributed by atoms with Gasteiger partial charge in [0, 0.05) is 12.1 Å². The molecular weight excluding hydrogens is 308 g/mol. The van der Waals surface area contributed by atoms with E-state index in [1.54, 1.807) is 11.3 Å². The van der Waals surface area contributed by atoms with Gasteiger partial charge in [0.1, 0.15) is 5.52 Å². The number of nitrogens with one attached hydrogen (secondary N) is 1. The summed E-state index contributed by atoms with van der Waals surface area (Å²) in [4.78, 5) is 4.38. The summed E-state index contributed by atoms with van der Waals surface area (Å²) in [6, 6.07) is 9.74. The highest BCUT2D eigenvalue weighted by Crippen LogP contribution is 2.37. The summed E-state index contributed by atoms with van der Waals surface area (Å²) >= 11 is 7.89. The quantitative estimate of drug-likeness (QED) is 0.782. The first-order chi connectivity index (χ1) is 10.3. The summed E-state index contributed by atoms with van der Waals surface area (Å²) in [6.45, 7) is 0.873. The Morgan fingerprint density at radius 3 is 3.14 bits per heavy atom. The van der Waals surface area contributed by atoms with Gasteiger partial charge in [0.25, 0.3) is 0 Å². The van der Waals surface area contributed by atoms with E-state index in [4.69, 9.17) is 21.1 Å². The van der Waals surface area contributed by atoms with Crippen molar-refractivity contribution in [2.45, 2.75) is 6.54 Å². The molecule has 3 aromatic rings. The second-order valence-corrected chi connectivity index (χ2v) is 5.92. The molecule has 0 saturated heterocycles. The maximum Gasteiger partial charge on any atom is 0.231 e. The minimum atomic E-state index is 0.273. The van der Waals surface area contributed by atoms with Crippen molar-refractivity contribution in [3.8, 4) is 11.5 Å². The van der Waals surface area contributed by atoms with Crippen LogP contribution >= 0.6 is 22.9 Å². The zero-order chi connectivity index (χ0) is 14.2. The zero-order valence-corrected chi connectivity index (χ0v) is 12.5. The number of hydrogen-bond donors (Lipinski definition) is 1. The van der Waals surface area contributed by atoms with E-state index >= 15 is 0 Å². The largest absolute Gasteiger partial charge is 0.454 e. The van der Waals surface area contributed by atoms with Gasteiger partial charge in [-0.05, 0) is 18.2 Å². The zero-order valence-electron chi connectivity index (χ0n) is 10.9. The molecule has 1 aliphatic heterocycles. The molecule has 4 nitrogen and oxygen atoms in total. The molecule has 6 heteroatoms. The van der Waals surface area contributed by atoms with Crippen LogP contribution < -0.4 is 14.8 Å². The van der Waals surface area contributed by atoms with Crippen LogP contribution in [-0.4, -0.2) is 11.8 Å². The van der Waals surface area contributed by atoms with Crippen molar-refractivity contribution in [2.75, 3.05) is 12.1 Å². The number of thiazole rings is 1. The van der Waals surface area contributed by atoms with Crippen molar-refractivity contribution in [3.05, 3.63) is 46.4 Å². The molecule has 0 amide bonds. The topological polar surface area (TPSA) is 43.4 Å². The molecule has 0 radical (unpaired) electrons. The molecule has 0 saturated carbocycles. The van der Waals surface area contributed by atoms with E-state index in [0.29, 0.717) is 11.6 Å². The molecule has 106 valence electrons. The van der Waals surface area contributed by atoms with Gasteiger partial charge in [0.05, 0.1) is 20.9 Å². The number of nitrogens with zero attached hydrogens (tertiary/aromatic N) is 1. The van der Waals surface area contributed by atoms with E-state index < -0.39 is 0 Å². The molecule has 0 bridgehead atoms. The van der Waals surface area contributed by atoms with Gasteiger partial charge in [-0.25, -0.2) is 4.98 Å². The van der Waals surface area contributed by atoms with Crippen LogP contribution in [0, 0.1) is 0 Å². The summed E-state index contributed by atoms with van der Waals surface area (Å²) in [5, 5.41) is 4.03. The van der Waals surface area contributed by atoms with E-state index in [1.165, 1.54) is 0 Å². The van der Waals surface area contributed by atoms with Crippen molar-refractivity contribution in [1.82, 2.24) is 4.98 Å². The fourth-order valence-corrected chi connectivity index (χ4v) is 3.29. The number of ether oxygens (including phenoxy) is 2. The molecule has 2 aromatic carbocycles. The SMILES string of the molecule is Clc1ccc2scnc2c1NCc1cccc2c1OCO2. The van der Waals surface area contributed by atoms with Crippen LogP contribution in [0.15, 0.2) is 35.8 Å². The van der Waals surface area contributed by atoms with Crippen molar-refractivity contribution in [3.63, 3.8) is 0 Å². The molecule has 2 heterocycles. The predicted molar refractivity (Wildman–Crippen MR) is 84.5 cm³/mol. The van der Waals surface area contributed by atoms with Gasteiger partial charge in [-0.15, -0.1) is 11.3 Å². The minimum Gasteiger partial charge on any atom is -0.454 e. The molecule has 0 unspecified atom stereocenters. The van der Waals surface area contributed by atoms with Crippen LogP contribution in [0.3, 0.4) is 0 Å². The van der Waals surface area contributed by atoms with E-state index in [2.05, 4.69) is 10.3 Å². The Bertz CT molecular complexity index is 819. The standard InChI is InChI=1S/C15H11ClN2O2S/c16-10-4-5-12-14(18-7-21-12)13(10)17-6-9-2-1-3-11-15(9)20-8-19-11/h1-5,7,17H,6,8H2. The molecule has 1 aromatic heterocycles. The molecule has 0 atom stereocenters. The normalized spacial score (nSPS) is 12.8. The molecule has 1 aliphatic rings. The Kier molecular flexibility index (Phi) is 3.09. The van der Waals surface area contributed by atoms with Crippen LogP contribution in [0.2, 0.25) is 5.02 Å². The van der Waals surface area contributed by atoms with Gasteiger partial charge >= 0.3 is 0 Å². The maximum absolute atomic E-state index is 6.29. The smallest absolute Gasteiger partial charge is 0.231 e. The number of para-hydroxylation sites is 1. The lowest BCUT2D eigenvalue weighted by atomic mass is 10.2. The Labute approximate surface area is 130 Å². The first kappa shape index (κ1) is 12.7. The summed E-state index contributed by atoms with van der Waals surface area (Å²) in [5.74, 6) is 1.58. The van der Waals surface area contributed by atoms with Crippen molar-refractivity contribution in [1.29, 1.82) is 0 Å². The van der Waals surface area contributed by atoms with Crippen LogP contribution in [0.1, 0.15) is 5.56 Å². The van der Waals surface area contributed by atoms with Gasteiger partial charge in [0.2, 0.25) is 6.79 Å². The molecule has 4 rings (SSSR count). The Morgan fingerprint density at radius 1 is 1.24 bits per heavy atom. The monoisotopic (exact) mass is 318 g/mol. The van der Waals surface area contributed by atoms with Crippen molar-refractivity contribution >= 4 is 38.8 Å². The fraction of sp³-hybridized carbons (Fsp3) is 0.133. The summed E-state index contributed by atoms with van der Waals surface area (Å²) in [5.41, 5.74) is 4.61. The molecule has 0 fully saturated rings. The lowest BCUT2D eigenvalue weighted by Crippen LogP contribution is -2.02. The minimum absolute atomic E-state index is 0.273. The number of rotatable bonds is 3. The van der Waals surface area contributed by atoms with E-state index in [-0.39, 0.29) is 6.79 Å². The van der Waals surface area contributed by atoms with Crippen LogP contribution in [-0.2, 0) is 6.54 Å². The van der Waals surface area contributed by atoms with E-state index in [9.17, 15) is 0 Å². The van der Waals surface area contributed by atoms with Gasteiger partial charge in [-0.3, -0.25) is 0 Å². The third-order valence-corrected chi connectivity index (χ3v) is 4.49. The summed E-state index contributed by atoms with van der Waals surface area (Å²) in [7, 11) is 0. The van der Waals surface area contributed by atoms with E-state index in [0.717, 1.165) is 33.0 Å². The highest BCUT2D eigenvalue weighted by molar-refractivity contribution is 7.16. The van der Waals surface area contributed by atoms with Gasteiger partial charge in [0.15, 0.2) is 11.5 Å². The lowest BCUT2D eigenvalue weighted by Gasteiger charge is -2.11. The predicted octanol–water partition coefficient (Wildman–Crippen LogP) is 4.29. The average Bonchev–Trinajstić information content (AvgIpc) is 3.14. The number of aromatic nitrogens is 1. The Morgan fingerprint density at radius 2 is 2.19 bits per heavy atom. The van der Waals surface area contributed by atoms with Gasteiger partial charge in [-0.1, -0.05) is 23.7 Å². The van der Waals surface area contributed by atoms with Crippen LogP contribution in [0.5, 0.6) is 11.5 Å². The number of benzene rings is 2. The third-order valence-electron chi connectivity index (χ3n) is 3.39. The third kappa shape index (κ3) is 2.18. The van der Waals surface area contributed by atoms with Crippen molar-refractivity contribution in [2.24, 2.45) is 0 Å². The number of anilines is 1. The molecule has 0 spiro atoms. The van der Waals surface area contributed by atoms with Crippen LogP contribution in [0.25, 0.3) is 10.2 Å². The molecule has 21 heavy (non-hydrogen) atoms. The Balaban J connectivity index is 1.66. The first-order valence-electron chi connectivity index (χ1n) is 6.46. The molecule has 1 N–H and O–H groups in total. The van der Waals surface area contributed by atoms with Gasteiger partial charge < -0.3 is 14.8 Å². The molecular formula is C15H11ClN2O2S. The number of fused-ring (bicyclic) bond motifs is 2. The summed E-state index contributed by atoms with van der Waals surface area (Å²) < 4.78 is 12.0. The second kappa shape index (κ2) is 5.09. The average molecular weight is 319 g/mol. The maximum atomic E-state index is 6.29. The number of hydrogen-bond acceptors (Lipinski definition) is 5. The van der Waals surface area contributed by atoms with Crippen molar-refractivity contribution < 1.29 is 9.47 Å². The molecule has 0 aliphatic carbocycles. The van der Waals surface area contributed by atoms with E-state index in [1.807, 2.05) is 35.8 Å². The highest BCUT2D eigenvalue weighted by atomic mass is 35.5. The summed E-state index contributed by atoms with van der Waals surface area (Å²) in [6.07, 6.45) is 0. The van der Waals surface area contributed by atoms with Gasteiger partial charge in [-0.2, -0.15) is 0 Å². The highest BCUT2D eigenvalue weighted by Gasteiger charge is 2.17. The Hall–Kier alpha value is -1.98. The fourth-order valence-electron chi connectivity index (χ4n) is 2.39. The second-order valence-electron chi connectivity index (χ2n) is 4.63. The number of halogens is 1.